The Kier molecular flexibility index (Phi) is 8.29. The van der Waals surface area contributed by atoms with E-state index in [9.17, 15) is 0 Å². The number of fused-ring (bicyclic) bond motifs is 7. The highest BCUT2D eigenvalue weighted by Crippen LogP contribution is 2.48. The standard InChI is InChI=1S/C55H39N3/c56-54(49-21-9-8-18-42(49)36-12-2-1-3-13-36)58-55(41-29-30-45-46-22-10-16-38-17-11-23-47(53(38)46)51(45)33-41)57-34-35-24-26-39(27-25-35)52-44-20-7-5-15-40(44)32-50-43-19-6-4-14-37(43)28-31-48(50)52/h1-34,54-55,58H,56H2/b57-34+. The fourth-order valence-corrected chi connectivity index (χ4v) is 9.14. The summed E-state index contributed by atoms with van der Waals surface area (Å²) in [7, 11) is 0. The zero-order valence-corrected chi connectivity index (χ0v) is 31.8. The van der Waals surface area contributed by atoms with Crippen molar-refractivity contribution in [1.82, 2.24) is 5.32 Å². The van der Waals surface area contributed by atoms with Crippen molar-refractivity contribution < 1.29 is 0 Å². The first-order valence-electron chi connectivity index (χ1n) is 20.0. The van der Waals surface area contributed by atoms with Crippen LogP contribution in [0.1, 0.15) is 29.0 Å². The van der Waals surface area contributed by atoms with Crippen molar-refractivity contribution in [2.75, 3.05) is 0 Å². The van der Waals surface area contributed by atoms with Gasteiger partial charge in [0.15, 0.2) is 0 Å². The molecule has 11 rings (SSSR count). The van der Waals surface area contributed by atoms with Crippen LogP contribution in [0.5, 0.6) is 0 Å². The summed E-state index contributed by atoms with van der Waals surface area (Å²) in [6.07, 6.45) is 1.09. The van der Waals surface area contributed by atoms with Crippen LogP contribution in [0.3, 0.4) is 0 Å². The Balaban J connectivity index is 0.984. The maximum Gasteiger partial charge on any atom is 0.127 e. The molecule has 58 heavy (non-hydrogen) atoms. The maximum atomic E-state index is 7.11. The second-order valence-corrected chi connectivity index (χ2v) is 15.3. The molecule has 3 heteroatoms. The highest BCUT2D eigenvalue weighted by Gasteiger charge is 2.24. The molecule has 2 unspecified atom stereocenters. The van der Waals surface area contributed by atoms with E-state index in [1.165, 1.54) is 76.5 Å². The molecule has 0 saturated heterocycles. The monoisotopic (exact) mass is 741 g/mol. The van der Waals surface area contributed by atoms with Gasteiger partial charge >= 0.3 is 0 Å². The molecule has 0 aromatic heterocycles. The zero-order valence-electron chi connectivity index (χ0n) is 31.8. The predicted molar refractivity (Wildman–Crippen MR) is 245 cm³/mol. The van der Waals surface area contributed by atoms with Crippen LogP contribution in [0.2, 0.25) is 0 Å². The van der Waals surface area contributed by atoms with Gasteiger partial charge in [-0.3, -0.25) is 10.3 Å². The first-order valence-corrected chi connectivity index (χ1v) is 20.0. The third-order valence-electron chi connectivity index (χ3n) is 11.9. The van der Waals surface area contributed by atoms with Gasteiger partial charge in [-0.15, -0.1) is 0 Å². The van der Waals surface area contributed by atoms with E-state index in [-0.39, 0.29) is 0 Å². The van der Waals surface area contributed by atoms with Crippen LogP contribution < -0.4 is 11.1 Å². The van der Waals surface area contributed by atoms with E-state index in [1.807, 2.05) is 12.3 Å². The fraction of sp³-hybridized carbons (Fsp3) is 0.0364. The number of rotatable bonds is 8. The first-order chi connectivity index (χ1) is 28.7. The number of hydrogen-bond acceptors (Lipinski definition) is 3. The molecule has 0 fully saturated rings. The predicted octanol–water partition coefficient (Wildman–Crippen LogP) is 13.6. The second kappa shape index (κ2) is 14.1. The van der Waals surface area contributed by atoms with E-state index in [2.05, 4.69) is 199 Å². The Hall–Kier alpha value is -7.17. The summed E-state index contributed by atoms with van der Waals surface area (Å²) in [6.45, 7) is 0. The largest absolute Gasteiger partial charge is 0.312 e. The van der Waals surface area contributed by atoms with Gasteiger partial charge in [0.25, 0.3) is 0 Å². The van der Waals surface area contributed by atoms with Crippen LogP contribution in [0.4, 0.5) is 0 Å². The van der Waals surface area contributed by atoms with Gasteiger partial charge in [-0.1, -0.05) is 188 Å². The molecule has 0 radical (unpaired) electrons. The van der Waals surface area contributed by atoms with Gasteiger partial charge in [-0.05, 0) is 116 Å². The van der Waals surface area contributed by atoms with E-state index in [4.69, 9.17) is 10.7 Å². The molecule has 0 bridgehead atoms. The molecule has 0 heterocycles. The highest BCUT2D eigenvalue weighted by atomic mass is 15.1. The number of hydrogen-bond donors (Lipinski definition) is 2. The van der Waals surface area contributed by atoms with Gasteiger partial charge in [-0.2, -0.15) is 0 Å². The van der Waals surface area contributed by atoms with E-state index >= 15 is 0 Å². The van der Waals surface area contributed by atoms with E-state index in [0.717, 1.165) is 27.8 Å². The van der Waals surface area contributed by atoms with Gasteiger partial charge in [0, 0.05) is 6.21 Å². The Bertz CT molecular complexity index is 3210. The van der Waals surface area contributed by atoms with Crippen molar-refractivity contribution in [3.63, 3.8) is 0 Å². The third-order valence-corrected chi connectivity index (χ3v) is 11.9. The normalized spacial score (nSPS) is 13.1. The van der Waals surface area contributed by atoms with Crippen LogP contribution >= 0.6 is 0 Å². The lowest BCUT2D eigenvalue weighted by Crippen LogP contribution is -2.32. The summed E-state index contributed by atoms with van der Waals surface area (Å²) in [6, 6.07) is 71.8. The highest BCUT2D eigenvalue weighted by molar-refractivity contribution is 6.20. The molecule has 10 aromatic rings. The molecule has 3 nitrogen and oxygen atoms in total. The van der Waals surface area contributed by atoms with Crippen molar-refractivity contribution in [1.29, 1.82) is 0 Å². The minimum absolute atomic E-state index is 0.415. The van der Waals surface area contributed by atoms with E-state index in [1.54, 1.807) is 0 Å². The van der Waals surface area contributed by atoms with Crippen molar-refractivity contribution >= 4 is 49.3 Å². The second-order valence-electron chi connectivity index (χ2n) is 15.3. The average Bonchev–Trinajstić information content (AvgIpc) is 3.61. The summed E-state index contributed by atoms with van der Waals surface area (Å²) < 4.78 is 0. The number of nitrogens with one attached hydrogen (secondary N) is 1. The van der Waals surface area contributed by atoms with Crippen molar-refractivity contribution in [2.45, 2.75) is 12.3 Å². The van der Waals surface area contributed by atoms with Gasteiger partial charge in [0.05, 0.1) is 6.17 Å². The fourth-order valence-electron chi connectivity index (χ4n) is 9.14. The van der Waals surface area contributed by atoms with Crippen LogP contribution in [-0.2, 0) is 0 Å². The summed E-state index contributed by atoms with van der Waals surface area (Å²) >= 11 is 0. The van der Waals surface area contributed by atoms with Crippen LogP contribution in [0.25, 0.3) is 87.6 Å². The molecule has 0 spiro atoms. The Morgan fingerprint density at radius 1 is 0.431 bits per heavy atom. The molecule has 274 valence electrons. The lowest BCUT2D eigenvalue weighted by Gasteiger charge is -2.24. The molecule has 0 aliphatic heterocycles. The summed E-state index contributed by atoms with van der Waals surface area (Å²) in [5, 5.41) is 13.8. The number of nitrogens with two attached hydrogens (primary N) is 1. The van der Waals surface area contributed by atoms with Gasteiger partial charge in [0.1, 0.15) is 6.17 Å². The zero-order chi connectivity index (χ0) is 38.6. The molecule has 1 aliphatic carbocycles. The van der Waals surface area contributed by atoms with Crippen molar-refractivity contribution in [2.24, 2.45) is 10.7 Å². The molecular weight excluding hydrogens is 703 g/mol. The van der Waals surface area contributed by atoms with Crippen molar-refractivity contribution in [3.05, 3.63) is 217 Å². The molecule has 0 saturated carbocycles. The van der Waals surface area contributed by atoms with Gasteiger partial charge in [-0.25, -0.2) is 0 Å². The minimum Gasteiger partial charge on any atom is -0.312 e. The van der Waals surface area contributed by atoms with Gasteiger partial charge in [0.2, 0.25) is 0 Å². The Morgan fingerprint density at radius 3 is 1.93 bits per heavy atom. The van der Waals surface area contributed by atoms with E-state index in [0.29, 0.717) is 0 Å². The van der Waals surface area contributed by atoms with Crippen LogP contribution in [0, 0.1) is 0 Å². The SMILES string of the molecule is NC(NC(/N=C/c1ccc(-c2c3ccccc3cc3c2ccc2ccccc23)cc1)c1ccc2c(c1)-c1cccc3cccc-2c13)c1ccccc1-c1ccccc1. The topological polar surface area (TPSA) is 50.4 Å². The van der Waals surface area contributed by atoms with E-state index < -0.39 is 12.3 Å². The van der Waals surface area contributed by atoms with Gasteiger partial charge < -0.3 is 5.73 Å². The number of benzene rings is 10. The third kappa shape index (κ3) is 5.80. The smallest absolute Gasteiger partial charge is 0.127 e. The number of aliphatic imine (C=N–C) groups is 1. The average molecular weight is 742 g/mol. The Labute approximate surface area is 337 Å². The lowest BCUT2D eigenvalue weighted by atomic mass is 9.89. The quantitative estimate of drug-likeness (QED) is 0.0705. The Morgan fingerprint density at radius 2 is 1.10 bits per heavy atom. The molecule has 10 aromatic carbocycles. The molecule has 0 amide bonds. The summed E-state index contributed by atoms with van der Waals surface area (Å²) in [4.78, 5) is 5.28. The minimum atomic E-state index is -0.481. The maximum absolute atomic E-state index is 7.11. The first kappa shape index (κ1) is 34.1. The molecular formula is C55H39N3. The summed E-state index contributed by atoms with van der Waals surface area (Å²) in [5.41, 5.74) is 19.9. The number of nitrogens with zero attached hydrogens (tertiary/aromatic N) is 1. The summed E-state index contributed by atoms with van der Waals surface area (Å²) in [5.74, 6) is 0. The molecule has 2 atom stereocenters. The van der Waals surface area contributed by atoms with Crippen LogP contribution in [-0.4, -0.2) is 6.21 Å². The van der Waals surface area contributed by atoms with Crippen molar-refractivity contribution in [3.8, 4) is 44.5 Å². The lowest BCUT2D eigenvalue weighted by molar-refractivity contribution is 0.468. The molecule has 3 N–H and O–H groups in total. The molecule has 1 aliphatic rings. The van der Waals surface area contributed by atoms with Crippen LogP contribution in [0.15, 0.2) is 205 Å².